The number of para-hydroxylation sites is 1. The van der Waals surface area contributed by atoms with Crippen molar-refractivity contribution in [1.82, 2.24) is 9.88 Å². The molecule has 0 aliphatic carbocycles. The van der Waals surface area contributed by atoms with E-state index in [0.29, 0.717) is 19.3 Å². The molecule has 2 N–H and O–H groups in total. The lowest BCUT2D eigenvalue weighted by molar-refractivity contribution is -0.295. The van der Waals surface area contributed by atoms with Crippen LogP contribution in [0.1, 0.15) is 86.6 Å². The fourth-order valence-electron chi connectivity index (χ4n) is 8.47. The molecular weight excluding hydrogens is 692 g/mol. The number of cyclic esters (lactones) is 1. The molecule has 0 radical (unpaired) electrons. The predicted molar refractivity (Wildman–Crippen MR) is 205 cm³/mol. The first-order valence-corrected chi connectivity index (χ1v) is 19.5. The summed E-state index contributed by atoms with van der Waals surface area (Å²) in [5, 5.41) is 24.6. The molecule has 13 atom stereocenters. The zero-order chi connectivity index (χ0) is 40.1. The highest BCUT2D eigenvalue weighted by atomic mass is 16.7. The third-order valence-electron chi connectivity index (χ3n) is 11.8. The van der Waals surface area contributed by atoms with E-state index in [-0.39, 0.29) is 37.4 Å². The summed E-state index contributed by atoms with van der Waals surface area (Å²) in [5.74, 6) is -5.10. The third-order valence-corrected chi connectivity index (χ3v) is 11.8. The number of Topliss-reactive ketones (excluding diaryl/α,β-unsaturated/α-hetero) is 2. The molecule has 0 bridgehead atoms. The molecule has 1 unspecified atom stereocenters. The first-order valence-electron chi connectivity index (χ1n) is 19.5. The van der Waals surface area contributed by atoms with Crippen molar-refractivity contribution in [2.75, 3.05) is 27.8 Å². The Morgan fingerprint density at radius 3 is 2.31 bits per heavy atom. The van der Waals surface area contributed by atoms with Crippen LogP contribution < -0.4 is 0 Å². The average molecular weight is 757 g/mol. The summed E-state index contributed by atoms with van der Waals surface area (Å²) >= 11 is 0. The van der Waals surface area contributed by atoms with Crippen LogP contribution in [0.25, 0.3) is 10.9 Å². The number of fused-ring (bicyclic) bond motifs is 1. The second-order valence-electron chi connectivity index (χ2n) is 16.3. The molecule has 3 heterocycles. The fourth-order valence-corrected chi connectivity index (χ4v) is 8.47. The molecule has 12 heteroatoms. The molecule has 2 aliphatic heterocycles. The average Bonchev–Trinajstić information content (AvgIpc) is 3.14. The van der Waals surface area contributed by atoms with Crippen molar-refractivity contribution in [3.63, 3.8) is 0 Å². The highest BCUT2D eigenvalue weighted by molar-refractivity contribution is 6.00. The maximum atomic E-state index is 14.4. The second kappa shape index (κ2) is 18.4. The number of aliphatic hydroxyl groups excluding tert-OH is 1. The van der Waals surface area contributed by atoms with Crippen molar-refractivity contribution in [2.45, 2.75) is 142 Å². The van der Waals surface area contributed by atoms with Crippen LogP contribution >= 0.6 is 0 Å². The maximum Gasteiger partial charge on any atom is 0.316 e. The maximum absolute atomic E-state index is 14.4. The van der Waals surface area contributed by atoms with Gasteiger partial charge in [-0.05, 0) is 91.6 Å². The van der Waals surface area contributed by atoms with E-state index in [1.165, 1.54) is 21.0 Å². The Balaban J connectivity index is 1.66. The van der Waals surface area contributed by atoms with E-state index >= 15 is 0 Å². The van der Waals surface area contributed by atoms with E-state index in [2.05, 4.69) is 11.1 Å². The number of aliphatic hydroxyl groups is 2. The molecule has 1 aromatic carbocycles. The molecule has 0 amide bonds. The van der Waals surface area contributed by atoms with Gasteiger partial charge < -0.3 is 38.8 Å². The molecule has 0 saturated carbocycles. The van der Waals surface area contributed by atoms with Gasteiger partial charge in [0.2, 0.25) is 0 Å². The standard InChI is InChI=1S/C42H64N2O10/c1-12-33-42(8,49)38(51-19-15-16-29-21-30-17-13-14-18-31(30)43-23-29)26(4)34(45)24(2)22-41(7,50-11)37(27(5)35(46)28(6)39(48)53-33)54-40-36(47)32(44(9)10)20-25(3)52-40/h13-14,17-18,21,23-28,32-33,36-38,40,47,49H,12,15-16,19-20,22H2,1-11H3/t24-,25-,26-,27+,28-,32+,33+,36-,37-,38?,40+,41+,42-/m1/s1. The van der Waals surface area contributed by atoms with Gasteiger partial charge >= 0.3 is 5.97 Å². The SMILES string of the molecule is CC[C@@H]1OC(=O)[C@H](C)C(=O)[C@H](C)[C@@H](O[C@@H]2O[C@H](C)C[C@H](N(C)C)[C@H]2O)[C@@](C)(OC)C[C@@H](C)C(=O)[C@@H](C)C(OCCCc2cnc3ccccc3c2)[C@]1(C)O. The molecule has 2 aromatic rings. The molecule has 4 rings (SSSR count). The number of hydrogen-bond acceptors (Lipinski definition) is 12. The van der Waals surface area contributed by atoms with Gasteiger partial charge in [0, 0.05) is 49.1 Å². The number of aromatic nitrogens is 1. The Bertz CT molecular complexity index is 1580. The molecule has 2 aliphatic rings. The molecule has 302 valence electrons. The topological polar surface area (TPSA) is 154 Å². The Morgan fingerprint density at radius 1 is 1.00 bits per heavy atom. The van der Waals surface area contributed by atoms with Gasteiger partial charge in [-0.15, -0.1) is 0 Å². The van der Waals surface area contributed by atoms with Crippen LogP contribution in [0.4, 0.5) is 0 Å². The van der Waals surface area contributed by atoms with Crippen LogP contribution in [-0.2, 0) is 44.5 Å². The van der Waals surface area contributed by atoms with Gasteiger partial charge in [0.1, 0.15) is 29.5 Å². The van der Waals surface area contributed by atoms with Crippen LogP contribution in [0.15, 0.2) is 36.5 Å². The summed E-state index contributed by atoms with van der Waals surface area (Å²) in [6.07, 6.45) is -1.55. The first-order chi connectivity index (χ1) is 25.4. The smallest absolute Gasteiger partial charge is 0.316 e. The summed E-state index contributed by atoms with van der Waals surface area (Å²) in [6, 6.07) is 9.72. The van der Waals surface area contributed by atoms with Gasteiger partial charge in [-0.2, -0.15) is 0 Å². The summed E-state index contributed by atoms with van der Waals surface area (Å²) in [6.45, 7) is 13.8. The van der Waals surface area contributed by atoms with Crippen LogP contribution in [0.2, 0.25) is 0 Å². The molecule has 2 fully saturated rings. The number of carbonyl (C=O) groups is 3. The van der Waals surface area contributed by atoms with Gasteiger partial charge in [0.25, 0.3) is 0 Å². The normalized spacial score (nSPS) is 37.7. The summed E-state index contributed by atoms with van der Waals surface area (Å²) in [7, 11) is 5.24. The van der Waals surface area contributed by atoms with E-state index in [0.717, 1.165) is 16.5 Å². The zero-order valence-electron chi connectivity index (χ0n) is 34.1. The number of pyridine rings is 1. The Labute approximate surface area is 321 Å². The fraction of sp³-hybridized carbons (Fsp3) is 0.714. The minimum absolute atomic E-state index is 0.129. The number of carbonyl (C=O) groups excluding carboxylic acids is 3. The number of likely N-dealkylation sites (N-methyl/N-ethyl adjacent to an activating group) is 1. The zero-order valence-corrected chi connectivity index (χ0v) is 34.1. The summed E-state index contributed by atoms with van der Waals surface area (Å²) in [4.78, 5) is 48.8. The summed E-state index contributed by atoms with van der Waals surface area (Å²) < 4.78 is 31.2. The highest BCUT2D eigenvalue weighted by Gasteiger charge is 2.52. The summed E-state index contributed by atoms with van der Waals surface area (Å²) in [5.41, 5.74) is -1.09. The number of hydrogen-bond donors (Lipinski definition) is 2. The number of rotatable bonds is 10. The quantitative estimate of drug-likeness (QED) is 0.192. The second-order valence-corrected chi connectivity index (χ2v) is 16.3. The van der Waals surface area contributed by atoms with Crippen LogP contribution in [0, 0.1) is 23.7 Å². The molecular formula is C42H64N2O10. The molecule has 0 spiro atoms. The number of nitrogens with zero attached hydrogens (tertiary/aromatic N) is 2. The Kier molecular flexibility index (Phi) is 15.0. The lowest BCUT2D eigenvalue weighted by Gasteiger charge is -2.47. The van der Waals surface area contributed by atoms with E-state index in [9.17, 15) is 24.6 Å². The number of ketones is 2. The largest absolute Gasteiger partial charge is 0.459 e. The molecule has 1 aromatic heterocycles. The number of ether oxygens (including phenoxy) is 5. The number of benzene rings is 1. The minimum Gasteiger partial charge on any atom is -0.459 e. The molecule has 12 nitrogen and oxygen atoms in total. The Morgan fingerprint density at radius 2 is 1.67 bits per heavy atom. The number of aryl methyl sites for hydroxylation is 1. The molecule has 54 heavy (non-hydrogen) atoms. The minimum atomic E-state index is -1.79. The van der Waals surface area contributed by atoms with E-state index in [1.807, 2.05) is 56.4 Å². The number of methoxy groups -OCH3 is 1. The van der Waals surface area contributed by atoms with Crippen LogP contribution in [0.5, 0.6) is 0 Å². The molecule has 2 saturated heterocycles. The van der Waals surface area contributed by atoms with Crippen molar-refractivity contribution < 1.29 is 48.3 Å². The van der Waals surface area contributed by atoms with Gasteiger partial charge in [0.05, 0.1) is 29.4 Å². The lowest BCUT2D eigenvalue weighted by atomic mass is 9.74. The van der Waals surface area contributed by atoms with Crippen LogP contribution in [0.3, 0.4) is 0 Å². The van der Waals surface area contributed by atoms with E-state index in [1.54, 1.807) is 34.6 Å². The van der Waals surface area contributed by atoms with Gasteiger partial charge in [-0.1, -0.05) is 45.9 Å². The lowest BCUT2D eigenvalue weighted by Crippen LogP contribution is -2.60. The van der Waals surface area contributed by atoms with Crippen molar-refractivity contribution in [3.05, 3.63) is 42.1 Å². The monoisotopic (exact) mass is 756 g/mol. The van der Waals surface area contributed by atoms with Gasteiger partial charge in [-0.25, -0.2) is 0 Å². The first kappa shape index (κ1) is 43.9. The van der Waals surface area contributed by atoms with Crippen molar-refractivity contribution >= 4 is 28.4 Å². The highest BCUT2D eigenvalue weighted by Crippen LogP contribution is 2.39. The predicted octanol–water partition coefficient (Wildman–Crippen LogP) is 4.93. The Hall–Kier alpha value is -2.84. The third kappa shape index (κ3) is 9.75. The van der Waals surface area contributed by atoms with E-state index < -0.39 is 77.3 Å². The van der Waals surface area contributed by atoms with Crippen molar-refractivity contribution in [3.8, 4) is 0 Å². The van der Waals surface area contributed by atoms with Gasteiger partial charge in [-0.3, -0.25) is 19.4 Å². The van der Waals surface area contributed by atoms with Crippen LogP contribution in [-0.4, -0.2) is 119 Å². The number of esters is 1. The van der Waals surface area contributed by atoms with Crippen molar-refractivity contribution in [2.24, 2.45) is 23.7 Å². The van der Waals surface area contributed by atoms with Crippen molar-refractivity contribution in [1.29, 1.82) is 0 Å². The van der Waals surface area contributed by atoms with Gasteiger partial charge in [0.15, 0.2) is 12.1 Å². The van der Waals surface area contributed by atoms with E-state index in [4.69, 9.17) is 23.7 Å².